The predicted molar refractivity (Wildman–Crippen MR) is 103 cm³/mol. The zero-order valence-corrected chi connectivity index (χ0v) is 15.8. The number of amides is 1. The molecule has 2 atom stereocenters. The van der Waals surface area contributed by atoms with Gasteiger partial charge in [0.05, 0.1) is 9.82 Å². The standard InChI is InChI=1S/C20H21FN2O3S/c1-13-4-2-3-5-17(13)22-20(24)14-6-11-19(18(12-14)23(25)26)27-16-9-7-15(21)8-10-16/h6-13,17H,2-5H2,1H3,(H,22,24)/t13-,17+/m1/s1. The number of rotatable bonds is 5. The molecule has 1 aliphatic rings. The molecule has 1 aliphatic carbocycles. The van der Waals surface area contributed by atoms with E-state index in [1.807, 2.05) is 0 Å². The van der Waals surface area contributed by atoms with Gasteiger partial charge in [-0.05, 0) is 55.2 Å². The van der Waals surface area contributed by atoms with E-state index in [1.165, 1.54) is 36.4 Å². The Morgan fingerprint density at radius 2 is 1.89 bits per heavy atom. The van der Waals surface area contributed by atoms with Crippen molar-refractivity contribution in [2.75, 3.05) is 0 Å². The fourth-order valence-corrected chi connectivity index (χ4v) is 4.20. The average molecular weight is 388 g/mol. The number of carbonyl (C=O) groups excluding carboxylic acids is 1. The fourth-order valence-electron chi connectivity index (χ4n) is 3.30. The van der Waals surface area contributed by atoms with Crippen molar-refractivity contribution in [1.82, 2.24) is 5.32 Å². The molecule has 0 unspecified atom stereocenters. The maximum Gasteiger partial charge on any atom is 0.284 e. The van der Waals surface area contributed by atoms with Crippen LogP contribution in [0.15, 0.2) is 52.3 Å². The third kappa shape index (κ3) is 4.86. The highest BCUT2D eigenvalue weighted by atomic mass is 32.2. The number of nitro benzene ring substituents is 1. The van der Waals surface area contributed by atoms with Gasteiger partial charge in [0.1, 0.15) is 5.82 Å². The van der Waals surface area contributed by atoms with Crippen LogP contribution < -0.4 is 5.32 Å². The predicted octanol–water partition coefficient (Wildman–Crippen LogP) is 5.19. The molecule has 0 bridgehead atoms. The highest BCUT2D eigenvalue weighted by molar-refractivity contribution is 7.99. The Hall–Kier alpha value is -2.41. The second kappa shape index (κ2) is 8.52. The van der Waals surface area contributed by atoms with Crippen LogP contribution in [0.25, 0.3) is 0 Å². The number of benzene rings is 2. The third-order valence-electron chi connectivity index (χ3n) is 4.89. The van der Waals surface area contributed by atoms with E-state index in [-0.39, 0.29) is 29.0 Å². The topological polar surface area (TPSA) is 72.2 Å². The minimum atomic E-state index is -0.494. The molecule has 142 valence electrons. The summed E-state index contributed by atoms with van der Waals surface area (Å²) in [6.07, 6.45) is 4.28. The average Bonchev–Trinajstić information content (AvgIpc) is 2.65. The van der Waals surface area contributed by atoms with Crippen LogP contribution in [0.2, 0.25) is 0 Å². The SMILES string of the molecule is C[C@@H]1CCCC[C@@H]1NC(=O)c1ccc(Sc2ccc(F)cc2)c([N+](=O)[O-])c1. The number of nitrogens with zero attached hydrogens (tertiary/aromatic N) is 1. The smallest absolute Gasteiger partial charge is 0.284 e. The molecule has 1 saturated carbocycles. The maximum absolute atomic E-state index is 13.0. The molecular weight excluding hydrogens is 367 g/mol. The summed E-state index contributed by atoms with van der Waals surface area (Å²) < 4.78 is 13.0. The van der Waals surface area contributed by atoms with Crippen LogP contribution in [0.4, 0.5) is 10.1 Å². The van der Waals surface area contributed by atoms with Crippen LogP contribution in [0.1, 0.15) is 43.0 Å². The van der Waals surface area contributed by atoms with Crippen LogP contribution in [0.5, 0.6) is 0 Å². The second-order valence-electron chi connectivity index (χ2n) is 6.84. The normalized spacial score (nSPS) is 19.5. The number of halogens is 1. The highest BCUT2D eigenvalue weighted by Crippen LogP contribution is 2.35. The zero-order chi connectivity index (χ0) is 19.4. The molecule has 0 aliphatic heterocycles. The van der Waals surface area contributed by atoms with Gasteiger partial charge in [-0.25, -0.2) is 4.39 Å². The first-order valence-corrected chi connectivity index (χ1v) is 9.78. The lowest BCUT2D eigenvalue weighted by atomic mass is 9.86. The Bertz CT molecular complexity index is 842. The van der Waals surface area contributed by atoms with Crippen molar-refractivity contribution in [3.8, 4) is 0 Å². The van der Waals surface area contributed by atoms with Crippen molar-refractivity contribution in [2.45, 2.75) is 48.4 Å². The summed E-state index contributed by atoms with van der Waals surface area (Å²) in [5.41, 5.74) is 0.150. The van der Waals surface area contributed by atoms with Crippen molar-refractivity contribution < 1.29 is 14.1 Å². The van der Waals surface area contributed by atoms with Crippen LogP contribution in [0.3, 0.4) is 0 Å². The number of hydrogen-bond acceptors (Lipinski definition) is 4. The summed E-state index contributed by atoms with van der Waals surface area (Å²) >= 11 is 1.17. The molecular formula is C20H21FN2O3S. The first kappa shape index (κ1) is 19.4. The largest absolute Gasteiger partial charge is 0.349 e. The van der Waals surface area contributed by atoms with E-state index in [0.29, 0.717) is 15.7 Å². The second-order valence-corrected chi connectivity index (χ2v) is 7.95. The molecule has 0 aromatic heterocycles. The Kier molecular flexibility index (Phi) is 6.11. The molecule has 2 aromatic carbocycles. The minimum absolute atomic E-state index is 0.110. The molecule has 2 aromatic rings. The van der Waals surface area contributed by atoms with Crippen LogP contribution in [-0.4, -0.2) is 16.9 Å². The molecule has 1 fully saturated rings. The van der Waals surface area contributed by atoms with Crippen LogP contribution >= 0.6 is 11.8 Å². The van der Waals surface area contributed by atoms with Gasteiger partial charge in [-0.1, -0.05) is 31.5 Å². The molecule has 1 N–H and O–H groups in total. The van der Waals surface area contributed by atoms with Crippen molar-refractivity contribution in [2.24, 2.45) is 5.92 Å². The third-order valence-corrected chi connectivity index (χ3v) is 5.96. The van der Waals surface area contributed by atoms with Crippen LogP contribution in [0, 0.1) is 21.8 Å². The molecule has 0 radical (unpaired) electrons. The number of nitro groups is 1. The molecule has 27 heavy (non-hydrogen) atoms. The Balaban J connectivity index is 1.79. The summed E-state index contributed by atoms with van der Waals surface area (Å²) in [6.45, 7) is 2.12. The maximum atomic E-state index is 13.0. The van der Waals surface area contributed by atoms with Gasteiger partial charge >= 0.3 is 0 Å². The summed E-state index contributed by atoms with van der Waals surface area (Å²) in [6, 6.07) is 10.3. The van der Waals surface area contributed by atoms with E-state index in [1.54, 1.807) is 24.3 Å². The first-order valence-electron chi connectivity index (χ1n) is 8.97. The van der Waals surface area contributed by atoms with E-state index < -0.39 is 4.92 Å². The molecule has 7 heteroatoms. The lowest BCUT2D eigenvalue weighted by Crippen LogP contribution is -2.41. The van der Waals surface area contributed by atoms with Gasteiger partial charge in [-0.15, -0.1) is 0 Å². The minimum Gasteiger partial charge on any atom is -0.349 e. The molecule has 0 heterocycles. The summed E-state index contributed by atoms with van der Waals surface area (Å²) in [4.78, 5) is 24.6. The number of carbonyl (C=O) groups is 1. The quantitative estimate of drug-likeness (QED) is 0.565. The van der Waals surface area contributed by atoms with Crippen molar-refractivity contribution >= 4 is 23.4 Å². The van der Waals surface area contributed by atoms with E-state index in [0.717, 1.165) is 19.3 Å². The lowest BCUT2D eigenvalue weighted by Gasteiger charge is -2.29. The molecule has 0 spiro atoms. The van der Waals surface area contributed by atoms with Gasteiger partial charge in [0.2, 0.25) is 0 Å². The van der Waals surface area contributed by atoms with Gasteiger partial charge in [-0.2, -0.15) is 0 Å². The summed E-state index contributed by atoms with van der Waals surface area (Å²) in [7, 11) is 0. The van der Waals surface area contributed by atoms with Gasteiger partial charge in [0.25, 0.3) is 11.6 Å². The van der Waals surface area contributed by atoms with Crippen LogP contribution in [-0.2, 0) is 0 Å². The molecule has 0 saturated heterocycles. The van der Waals surface area contributed by atoms with Gasteiger partial charge in [0, 0.05) is 22.6 Å². The van der Waals surface area contributed by atoms with E-state index in [2.05, 4.69) is 12.2 Å². The Morgan fingerprint density at radius 1 is 1.19 bits per heavy atom. The van der Waals surface area contributed by atoms with E-state index in [4.69, 9.17) is 0 Å². The number of hydrogen-bond donors (Lipinski definition) is 1. The number of nitrogens with one attached hydrogen (secondary N) is 1. The van der Waals surface area contributed by atoms with Gasteiger partial charge < -0.3 is 5.32 Å². The summed E-state index contributed by atoms with van der Waals surface area (Å²) in [5, 5.41) is 14.5. The van der Waals surface area contributed by atoms with Crippen molar-refractivity contribution in [1.29, 1.82) is 0 Å². The van der Waals surface area contributed by atoms with Gasteiger partial charge in [0.15, 0.2) is 0 Å². The molecule has 5 nitrogen and oxygen atoms in total. The van der Waals surface area contributed by atoms with Crippen molar-refractivity contribution in [3.63, 3.8) is 0 Å². The zero-order valence-electron chi connectivity index (χ0n) is 15.0. The summed E-state index contributed by atoms with van der Waals surface area (Å²) in [5.74, 6) is -0.237. The van der Waals surface area contributed by atoms with Gasteiger partial charge in [-0.3, -0.25) is 14.9 Å². The Labute approximate surface area is 161 Å². The Morgan fingerprint density at radius 3 is 2.56 bits per heavy atom. The first-order chi connectivity index (χ1) is 12.9. The monoisotopic (exact) mass is 388 g/mol. The van der Waals surface area contributed by atoms with E-state index >= 15 is 0 Å². The highest BCUT2D eigenvalue weighted by Gasteiger charge is 2.25. The lowest BCUT2D eigenvalue weighted by molar-refractivity contribution is -0.387. The molecule has 3 rings (SSSR count). The molecule has 1 amide bonds. The van der Waals surface area contributed by atoms with E-state index in [9.17, 15) is 19.3 Å². The fraction of sp³-hybridized carbons (Fsp3) is 0.350. The van der Waals surface area contributed by atoms with Crippen molar-refractivity contribution in [3.05, 3.63) is 64.0 Å².